The Hall–Kier alpha value is -0.970. The Morgan fingerprint density at radius 2 is 1.03 bits per heavy atom. The van der Waals surface area contributed by atoms with Crippen molar-refractivity contribution in [2.24, 2.45) is 69.0 Å². The molecule has 2 spiro atoms. The number of aliphatic hydroxyl groups excluding tert-OH is 2. The number of fused-ring (bicyclic) bond motifs is 6. The number of methoxy groups -OCH3 is 4. The van der Waals surface area contributed by atoms with Crippen molar-refractivity contribution in [1.82, 2.24) is 0 Å². The van der Waals surface area contributed by atoms with Crippen LogP contribution in [0.4, 0.5) is 0 Å². The predicted octanol–water partition coefficient (Wildman–Crippen LogP) is 6.51. The molecule has 426 valence electrons. The second-order valence-electron chi connectivity index (χ2n) is 26.7. The van der Waals surface area contributed by atoms with Gasteiger partial charge in [-0.3, -0.25) is 0 Å². The first-order valence-electron chi connectivity index (χ1n) is 28.3. The van der Waals surface area contributed by atoms with Gasteiger partial charge < -0.3 is 82.1 Å². The molecule has 2 saturated heterocycles. The standard InChI is InChI=1S/C29H50O9.C28H46O8/c1-18-11-23-28(15-36-25(2,3)38-23)24-20(7-9-27(28,32)12-18)29(37-17-34-6)10-8-19(21(31)14-30)26(29,4)13-22(24)35-16-33-5;1-18-11-22-27(15-34-24(2,3)36-22)23-20(8-9-26(27,30)12-18)28(35-17-32-6)10-7-19(14-29)25(28,4)13-21(23)33-16-31-5/h18-24,30-32H,7-17H2,1-6H3;14,18-23,30H,7-13,15-17H2,1-6H3/t18-,19+,20?,21?,22+,23+,24?,26+,27-,28+,29-;18-,19+,20?,21+,22+,23?,25+,26-,27+,28-/m00/s1. The smallest absolute Gasteiger partial charge is 0.163 e. The molecular weight excluding hydrogens is 957 g/mol. The molecule has 0 aromatic heterocycles. The van der Waals surface area contributed by atoms with Gasteiger partial charge >= 0.3 is 0 Å². The molecule has 4 N–H and O–H groups in total. The fraction of sp³-hybridized carbons (Fsp3) is 0.982. The van der Waals surface area contributed by atoms with Crippen LogP contribution in [0, 0.1) is 69.0 Å². The van der Waals surface area contributed by atoms with Crippen molar-refractivity contribution in [2.45, 2.75) is 210 Å². The van der Waals surface area contributed by atoms with Crippen molar-refractivity contribution in [3.05, 3.63) is 0 Å². The summed E-state index contributed by atoms with van der Waals surface area (Å²) in [6, 6.07) is 0. The van der Waals surface area contributed by atoms with Gasteiger partial charge in [0.15, 0.2) is 11.6 Å². The van der Waals surface area contributed by atoms with Crippen molar-refractivity contribution in [1.29, 1.82) is 0 Å². The van der Waals surface area contributed by atoms with E-state index in [1.165, 1.54) is 0 Å². The number of hydrogen-bond acceptors (Lipinski definition) is 17. The molecule has 2 aliphatic heterocycles. The van der Waals surface area contributed by atoms with E-state index in [0.717, 1.165) is 64.1 Å². The number of ether oxygens (including phenoxy) is 12. The van der Waals surface area contributed by atoms with E-state index in [1.54, 1.807) is 28.4 Å². The van der Waals surface area contributed by atoms with Crippen molar-refractivity contribution in [3.63, 3.8) is 0 Å². The van der Waals surface area contributed by atoms with Gasteiger partial charge in [-0.2, -0.15) is 0 Å². The summed E-state index contributed by atoms with van der Waals surface area (Å²) in [5.41, 5.74) is -5.25. The van der Waals surface area contributed by atoms with Crippen LogP contribution >= 0.6 is 0 Å². The van der Waals surface area contributed by atoms with Gasteiger partial charge in [-0.1, -0.05) is 27.7 Å². The number of carbonyl (C=O) groups is 1. The summed E-state index contributed by atoms with van der Waals surface area (Å²) >= 11 is 0. The largest absolute Gasteiger partial charge is 0.394 e. The van der Waals surface area contributed by atoms with E-state index >= 15 is 0 Å². The molecule has 0 aromatic carbocycles. The zero-order valence-electron chi connectivity index (χ0n) is 47.0. The van der Waals surface area contributed by atoms with Crippen molar-refractivity contribution in [3.8, 4) is 0 Å². The van der Waals surface area contributed by atoms with Gasteiger partial charge in [0.25, 0.3) is 0 Å². The van der Waals surface area contributed by atoms with Gasteiger partial charge in [0.05, 0.1) is 83.6 Å². The van der Waals surface area contributed by atoms with E-state index in [4.69, 9.17) is 56.8 Å². The SMILES string of the molecule is COCO[C@@H]1C[C@]2(C)[C@@H](C(O)CO)CC[C@]2(OCOC)C2CC[C@]3(O)C[C@@H](C)C[C@H]4OC(C)(C)OC[C@]43C21.COCO[C@@H]1C[C@]2(C)[C@@H](C=O)CC[C@]2(OCOC)C2CC[C@]3(O)C[C@@H](C)C[C@H]4OC(C)(C)OC[C@]43C21. The number of carbonyl (C=O) groups excluding carboxylic acids is 1. The third kappa shape index (κ3) is 8.62. The van der Waals surface area contributed by atoms with Crippen molar-refractivity contribution in [2.75, 3.05) is 75.4 Å². The highest BCUT2D eigenvalue weighted by molar-refractivity contribution is 5.57. The molecule has 0 aromatic rings. The second kappa shape index (κ2) is 20.8. The molecule has 74 heavy (non-hydrogen) atoms. The molecule has 10 rings (SSSR count). The van der Waals surface area contributed by atoms with Gasteiger partial charge in [0.2, 0.25) is 0 Å². The van der Waals surface area contributed by atoms with E-state index in [-0.39, 0.29) is 93.7 Å². The quantitative estimate of drug-likeness (QED) is 0.102. The average molecular weight is 1050 g/mol. The van der Waals surface area contributed by atoms with Crippen LogP contribution in [0.3, 0.4) is 0 Å². The Bertz CT molecular complexity index is 1960. The third-order valence-electron chi connectivity index (χ3n) is 22.4. The van der Waals surface area contributed by atoms with Crippen LogP contribution < -0.4 is 0 Å². The highest BCUT2D eigenvalue weighted by atomic mass is 16.7. The topological polar surface area (TPSA) is 209 Å². The Morgan fingerprint density at radius 3 is 1.46 bits per heavy atom. The van der Waals surface area contributed by atoms with Crippen molar-refractivity contribution < 1.29 is 82.1 Å². The fourth-order valence-corrected chi connectivity index (χ4v) is 19.7. The lowest BCUT2D eigenvalue weighted by atomic mass is 9.39. The molecule has 10 aliphatic rings. The summed E-state index contributed by atoms with van der Waals surface area (Å²) in [6.45, 7) is 17.8. The molecule has 5 unspecified atom stereocenters. The minimum atomic E-state index is -0.958. The normalized spacial score (nSPS) is 51.0. The summed E-state index contributed by atoms with van der Waals surface area (Å²) < 4.78 is 74.4. The van der Waals surface area contributed by atoms with Crippen LogP contribution in [-0.4, -0.2) is 167 Å². The lowest BCUT2D eigenvalue weighted by Gasteiger charge is -2.72. The van der Waals surface area contributed by atoms with Crippen LogP contribution in [0.15, 0.2) is 0 Å². The zero-order chi connectivity index (χ0) is 53.5. The number of aldehydes is 1. The minimum Gasteiger partial charge on any atom is -0.394 e. The average Bonchev–Trinajstić information content (AvgIpc) is 3.82. The first-order chi connectivity index (χ1) is 35.0. The lowest BCUT2D eigenvalue weighted by molar-refractivity contribution is -0.406. The van der Waals surface area contributed by atoms with Gasteiger partial charge in [-0.15, -0.1) is 0 Å². The van der Waals surface area contributed by atoms with Crippen LogP contribution in [0.1, 0.15) is 145 Å². The summed E-state index contributed by atoms with van der Waals surface area (Å²) in [7, 11) is 6.54. The molecular formula is C57H96O17. The molecule has 0 radical (unpaired) electrons. The van der Waals surface area contributed by atoms with E-state index in [9.17, 15) is 25.2 Å². The maximum atomic E-state index is 12.6. The van der Waals surface area contributed by atoms with E-state index in [1.807, 2.05) is 27.7 Å². The summed E-state index contributed by atoms with van der Waals surface area (Å²) in [5, 5.41) is 46.0. The first-order valence-corrected chi connectivity index (χ1v) is 28.3. The third-order valence-corrected chi connectivity index (χ3v) is 22.4. The second-order valence-corrected chi connectivity index (χ2v) is 26.7. The van der Waals surface area contributed by atoms with E-state index in [0.29, 0.717) is 57.2 Å². The number of aliphatic hydroxyl groups is 4. The molecule has 10 fully saturated rings. The van der Waals surface area contributed by atoms with Crippen LogP contribution in [0.2, 0.25) is 0 Å². The summed E-state index contributed by atoms with van der Waals surface area (Å²) in [6.07, 6.45) is 9.69. The zero-order valence-corrected chi connectivity index (χ0v) is 47.0. The predicted molar refractivity (Wildman–Crippen MR) is 269 cm³/mol. The monoisotopic (exact) mass is 1050 g/mol. The van der Waals surface area contributed by atoms with Gasteiger partial charge in [-0.05, 0) is 147 Å². The molecule has 8 saturated carbocycles. The fourth-order valence-electron chi connectivity index (χ4n) is 19.7. The van der Waals surface area contributed by atoms with E-state index < -0.39 is 61.7 Å². The Labute approximate surface area is 441 Å². The Kier molecular flexibility index (Phi) is 16.3. The molecule has 0 amide bonds. The van der Waals surface area contributed by atoms with Crippen LogP contribution in [0.25, 0.3) is 0 Å². The molecule has 2 heterocycles. The van der Waals surface area contributed by atoms with Crippen molar-refractivity contribution >= 4 is 6.29 Å². The van der Waals surface area contributed by atoms with E-state index in [2.05, 4.69) is 27.7 Å². The summed E-state index contributed by atoms with van der Waals surface area (Å²) in [5.74, 6) is -1.18. The molecule has 0 bridgehead atoms. The molecule has 21 atom stereocenters. The lowest BCUT2D eigenvalue weighted by Crippen LogP contribution is -2.78. The van der Waals surface area contributed by atoms with Crippen LogP contribution in [0.5, 0.6) is 0 Å². The maximum absolute atomic E-state index is 12.6. The molecule has 17 heteroatoms. The highest BCUT2D eigenvalue weighted by Gasteiger charge is 2.80. The highest BCUT2D eigenvalue weighted by Crippen LogP contribution is 2.75. The van der Waals surface area contributed by atoms with Gasteiger partial charge in [-0.25, -0.2) is 0 Å². The van der Waals surface area contributed by atoms with Gasteiger partial charge in [0.1, 0.15) is 33.5 Å². The summed E-state index contributed by atoms with van der Waals surface area (Å²) in [4.78, 5) is 12.3. The molecule has 8 aliphatic carbocycles. The number of rotatable bonds is 15. The Balaban J connectivity index is 0.000000182. The minimum absolute atomic E-state index is 0.0127. The van der Waals surface area contributed by atoms with Crippen LogP contribution in [-0.2, 0) is 61.6 Å². The molecule has 17 nitrogen and oxygen atoms in total. The number of hydrogen-bond donors (Lipinski definition) is 4. The van der Waals surface area contributed by atoms with Gasteiger partial charge in [0, 0.05) is 57.0 Å². The maximum Gasteiger partial charge on any atom is 0.163 e. The Morgan fingerprint density at radius 1 is 0.595 bits per heavy atom. The first kappa shape index (κ1) is 57.7.